The summed E-state index contributed by atoms with van der Waals surface area (Å²) in [6, 6.07) is -0.290. The molecule has 3 nitrogen and oxygen atoms in total. The van der Waals surface area contributed by atoms with E-state index in [1.165, 1.54) is 64.2 Å². The summed E-state index contributed by atoms with van der Waals surface area (Å²) in [7, 11) is 0. The van der Waals surface area contributed by atoms with Gasteiger partial charge in [0.2, 0.25) is 0 Å². The molecule has 0 saturated carbocycles. The van der Waals surface area contributed by atoms with Crippen LogP contribution in [0.1, 0.15) is 104 Å². The van der Waals surface area contributed by atoms with E-state index < -0.39 is 5.97 Å². The summed E-state index contributed by atoms with van der Waals surface area (Å²) in [5, 5.41) is 9.45. The topological polar surface area (TPSA) is 40.5 Å². The van der Waals surface area contributed by atoms with Gasteiger partial charge >= 0.3 is 5.97 Å². The average Bonchev–Trinajstić information content (AvgIpc) is 2.53. The second kappa shape index (κ2) is 16.3. The van der Waals surface area contributed by atoms with Crippen LogP contribution in [0.5, 0.6) is 0 Å². The van der Waals surface area contributed by atoms with E-state index in [0.717, 1.165) is 25.9 Å². The van der Waals surface area contributed by atoms with Crippen LogP contribution >= 0.6 is 0 Å². The average molecular weight is 328 g/mol. The SMILES string of the molecule is CCCCCCCCN(CCCCCCCC)C(CC)C(=O)O. The lowest BCUT2D eigenvalue weighted by atomic mass is 10.1. The normalized spacial score (nSPS) is 12.7. The number of nitrogens with zero attached hydrogens (tertiary/aromatic N) is 1. The molecule has 23 heavy (non-hydrogen) atoms. The maximum Gasteiger partial charge on any atom is 0.320 e. The van der Waals surface area contributed by atoms with Crippen molar-refractivity contribution in [2.45, 2.75) is 110 Å². The van der Waals surface area contributed by atoms with Gasteiger partial charge in [0.05, 0.1) is 0 Å². The molecule has 0 rings (SSSR count). The molecule has 1 unspecified atom stereocenters. The van der Waals surface area contributed by atoms with Gasteiger partial charge in [-0.25, -0.2) is 0 Å². The second-order valence-electron chi connectivity index (χ2n) is 6.83. The molecule has 138 valence electrons. The summed E-state index contributed by atoms with van der Waals surface area (Å²) in [5.41, 5.74) is 0. The van der Waals surface area contributed by atoms with E-state index in [0.29, 0.717) is 6.42 Å². The van der Waals surface area contributed by atoms with Crippen LogP contribution in [0.3, 0.4) is 0 Å². The predicted molar refractivity (Wildman–Crippen MR) is 100 cm³/mol. The van der Waals surface area contributed by atoms with Crippen LogP contribution in [-0.4, -0.2) is 35.1 Å². The molecule has 0 aliphatic carbocycles. The third-order valence-electron chi connectivity index (χ3n) is 4.71. The molecule has 0 aromatic rings. The molecule has 0 aliphatic rings. The lowest BCUT2D eigenvalue weighted by molar-refractivity contribution is -0.143. The Labute approximate surface area is 144 Å². The van der Waals surface area contributed by atoms with E-state index in [2.05, 4.69) is 18.7 Å². The molecule has 1 N–H and O–H groups in total. The molecule has 0 saturated heterocycles. The fraction of sp³-hybridized carbons (Fsp3) is 0.950. The van der Waals surface area contributed by atoms with Crippen molar-refractivity contribution in [3.05, 3.63) is 0 Å². The molecule has 0 aliphatic heterocycles. The largest absolute Gasteiger partial charge is 0.480 e. The first-order valence-electron chi connectivity index (χ1n) is 10.1. The Balaban J connectivity index is 4.06. The lowest BCUT2D eigenvalue weighted by Gasteiger charge is -2.28. The highest BCUT2D eigenvalue weighted by molar-refractivity contribution is 5.73. The van der Waals surface area contributed by atoms with Crippen molar-refractivity contribution in [2.75, 3.05) is 13.1 Å². The second-order valence-corrected chi connectivity index (χ2v) is 6.83. The minimum atomic E-state index is -0.649. The van der Waals surface area contributed by atoms with Crippen LogP contribution < -0.4 is 0 Å². The van der Waals surface area contributed by atoms with Crippen molar-refractivity contribution in [2.24, 2.45) is 0 Å². The first kappa shape index (κ1) is 22.4. The Morgan fingerprint density at radius 3 is 1.48 bits per heavy atom. The number of hydrogen-bond donors (Lipinski definition) is 1. The minimum absolute atomic E-state index is 0.290. The fourth-order valence-corrected chi connectivity index (χ4v) is 3.20. The maximum atomic E-state index is 11.5. The number of carbonyl (C=O) groups is 1. The Bertz CT molecular complexity index is 252. The molecule has 0 fully saturated rings. The van der Waals surface area contributed by atoms with Crippen LogP contribution in [0.4, 0.5) is 0 Å². The molecule has 0 aromatic heterocycles. The molecule has 0 spiro atoms. The molecule has 0 amide bonds. The first-order chi connectivity index (χ1) is 11.2. The summed E-state index contributed by atoms with van der Waals surface area (Å²) in [6.45, 7) is 8.37. The van der Waals surface area contributed by atoms with Crippen molar-refractivity contribution < 1.29 is 9.90 Å². The molecular weight excluding hydrogens is 286 g/mol. The van der Waals surface area contributed by atoms with E-state index in [9.17, 15) is 9.90 Å². The minimum Gasteiger partial charge on any atom is -0.480 e. The van der Waals surface area contributed by atoms with Crippen molar-refractivity contribution in [3.8, 4) is 0 Å². The van der Waals surface area contributed by atoms with Crippen molar-refractivity contribution in [1.82, 2.24) is 4.90 Å². The molecule has 0 bridgehead atoms. The number of carboxylic acid groups (broad SMARTS) is 1. The van der Waals surface area contributed by atoms with Crippen LogP contribution in [0.15, 0.2) is 0 Å². The van der Waals surface area contributed by atoms with Gasteiger partial charge in [0.25, 0.3) is 0 Å². The standard InChI is InChI=1S/C20H41NO2/c1-4-7-9-11-13-15-17-21(19(6-3)20(22)23)18-16-14-12-10-8-5-2/h19H,4-18H2,1-3H3,(H,22,23). The number of aliphatic carboxylic acids is 1. The summed E-state index contributed by atoms with van der Waals surface area (Å²) in [4.78, 5) is 13.7. The number of carboxylic acids is 1. The van der Waals surface area contributed by atoms with E-state index in [1.807, 2.05) is 6.92 Å². The summed E-state index contributed by atoms with van der Waals surface area (Å²) in [5.74, 6) is -0.649. The summed E-state index contributed by atoms with van der Waals surface area (Å²) < 4.78 is 0. The van der Waals surface area contributed by atoms with Gasteiger partial charge in [-0.2, -0.15) is 0 Å². The molecular formula is C20H41NO2. The monoisotopic (exact) mass is 327 g/mol. The van der Waals surface area contributed by atoms with Crippen LogP contribution in [-0.2, 0) is 4.79 Å². The Kier molecular flexibility index (Phi) is 15.9. The highest BCUT2D eigenvalue weighted by Gasteiger charge is 2.22. The van der Waals surface area contributed by atoms with E-state index in [4.69, 9.17) is 0 Å². The number of unbranched alkanes of at least 4 members (excludes halogenated alkanes) is 10. The Morgan fingerprint density at radius 2 is 1.13 bits per heavy atom. The molecule has 0 heterocycles. The number of rotatable bonds is 17. The van der Waals surface area contributed by atoms with Crippen molar-refractivity contribution in [3.63, 3.8) is 0 Å². The van der Waals surface area contributed by atoms with E-state index in [-0.39, 0.29) is 6.04 Å². The van der Waals surface area contributed by atoms with Crippen LogP contribution in [0.2, 0.25) is 0 Å². The highest BCUT2D eigenvalue weighted by Crippen LogP contribution is 2.13. The van der Waals surface area contributed by atoms with Gasteiger partial charge in [-0.05, 0) is 32.4 Å². The number of hydrogen-bond acceptors (Lipinski definition) is 2. The molecule has 0 aromatic carbocycles. The Morgan fingerprint density at radius 1 is 0.739 bits per heavy atom. The van der Waals surface area contributed by atoms with Gasteiger partial charge in [0.1, 0.15) is 6.04 Å². The quantitative estimate of drug-likeness (QED) is 0.339. The van der Waals surface area contributed by atoms with E-state index >= 15 is 0 Å². The lowest BCUT2D eigenvalue weighted by Crippen LogP contribution is -2.42. The van der Waals surface area contributed by atoms with Gasteiger partial charge in [0, 0.05) is 0 Å². The van der Waals surface area contributed by atoms with Gasteiger partial charge in [-0.15, -0.1) is 0 Å². The molecule has 3 heteroatoms. The smallest absolute Gasteiger partial charge is 0.320 e. The Hall–Kier alpha value is -0.570. The highest BCUT2D eigenvalue weighted by atomic mass is 16.4. The predicted octanol–water partition coefficient (Wildman–Crippen LogP) is 5.87. The van der Waals surface area contributed by atoms with Crippen molar-refractivity contribution >= 4 is 5.97 Å². The third kappa shape index (κ3) is 12.5. The maximum absolute atomic E-state index is 11.5. The first-order valence-corrected chi connectivity index (χ1v) is 10.1. The van der Waals surface area contributed by atoms with Gasteiger partial charge in [-0.3, -0.25) is 9.69 Å². The zero-order valence-electron chi connectivity index (χ0n) is 16.0. The van der Waals surface area contributed by atoms with Gasteiger partial charge in [0.15, 0.2) is 0 Å². The summed E-state index contributed by atoms with van der Waals surface area (Å²) >= 11 is 0. The summed E-state index contributed by atoms with van der Waals surface area (Å²) in [6.07, 6.45) is 15.9. The van der Waals surface area contributed by atoms with Crippen LogP contribution in [0, 0.1) is 0 Å². The van der Waals surface area contributed by atoms with Crippen molar-refractivity contribution in [1.29, 1.82) is 0 Å². The molecule has 1 atom stereocenters. The fourth-order valence-electron chi connectivity index (χ4n) is 3.20. The third-order valence-corrected chi connectivity index (χ3v) is 4.71. The van der Waals surface area contributed by atoms with Gasteiger partial charge < -0.3 is 5.11 Å². The zero-order chi connectivity index (χ0) is 17.3. The molecule has 0 radical (unpaired) electrons. The van der Waals surface area contributed by atoms with Crippen LogP contribution in [0.25, 0.3) is 0 Å². The zero-order valence-corrected chi connectivity index (χ0v) is 16.0. The van der Waals surface area contributed by atoms with E-state index in [1.54, 1.807) is 0 Å². The van der Waals surface area contributed by atoms with Gasteiger partial charge in [-0.1, -0.05) is 85.0 Å².